The van der Waals surface area contributed by atoms with E-state index in [0.29, 0.717) is 12.5 Å². The van der Waals surface area contributed by atoms with E-state index < -0.39 is 0 Å². The van der Waals surface area contributed by atoms with Gasteiger partial charge in [0.25, 0.3) is 0 Å². The van der Waals surface area contributed by atoms with E-state index >= 15 is 0 Å². The van der Waals surface area contributed by atoms with Gasteiger partial charge in [-0.05, 0) is 51.8 Å². The van der Waals surface area contributed by atoms with Crippen LogP contribution >= 0.6 is 0 Å². The summed E-state index contributed by atoms with van der Waals surface area (Å²) in [5.41, 5.74) is 10.0. The van der Waals surface area contributed by atoms with Gasteiger partial charge in [-0.25, -0.2) is 4.68 Å². The number of hydrogen-bond acceptors (Lipinski definition) is 5. The molecule has 0 bridgehead atoms. The summed E-state index contributed by atoms with van der Waals surface area (Å²) in [6.45, 7) is 2.48. The molecule has 0 amide bonds. The molecule has 1 aliphatic carbocycles. The molecular formula is C21H24N6. The molecule has 1 saturated heterocycles. The Kier molecular flexibility index (Phi) is 4.13. The highest BCUT2D eigenvalue weighted by molar-refractivity contribution is 5.63. The fourth-order valence-corrected chi connectivity index (χ4v) is 4.18. The third kappa shape index (κ3) is 3.32. The Morgan fingerprint density at radius 2 is 1.67 bits per heavy atom. The molecule has 0 unspecified atom stereocenters. The second-order valence-electron chi connectivity index (χ2n) is 7.77. The first-order chi connectivity index (χ1) is 13.3. The molecule has 1 saturated carbocycles. The van der Waals surface area contributed by atoms with E-state index in [1.54, 1.807) is 0 Å². The van der Waals surface area contributed by atoms with Crippen molar-refractivity contribution >= 4 is 5.95 Å². The van der Waals surface area contributed by atoms with Gasteiger partial charge in [0.05, 0.1) is 6.54 Å². The maximum atomic E-state index is 6.37. The van der Waals surface area contributed by atoms with Gasteiger partial charge in [0.15, 0.2) is 0 Å². The van der Waals surface area contributed by atoms with Crippen LogP contribution in [0.2, 0.25) is 0 Å². The monoisotopic (exact) mass is 360 g/mol. The molecule has 138 valence electrons. The minimum atomic E-state index is 0.229. The number of nitrogens with zero attached hydrogens (tertiary/aromatic N) is 5. The average molecular weight is 360 g/mol. The van der Waals surface area contributed by atoms with Crippen molar-refractivity contribution < 1.29 is 0 Å². The number of benzene rings is 2. The van der Waals surface area contributed by atoms with Gasteiger partial charge in [-0.1, -0.05) is 59.7 Å². The third-order valence-electron chi connectivity index (χ3n) is 5.83. The van der Waals surface area contributed by atoms with Crippen molar-refractivity contribution in [3.05, 3.63) is 60.2 Å². The fourth-order valence-electron chi connectivity index (χ4n) is 4.18. The first-order valence-electron chi connectivity index (χ1n) is 9.69. The Morgan fingerprint density at radius 1 is 0.926 bits per heavy atom. The van der Waals surface area contributed by atoms with Gasteiger partial charge in [0.2, 0.25) is 5.95 Å². The molecule has 1 aromatic heterocycles. The van der Waals surface area contributed by atoms with E-state index in [-0.39, 0.29) is 6.04 Å². The number of rotatable bonds is 5. The van der Waals surface area contributed by atoms with Crippen LogP contribution in [0.1, 0.15) is 18.4 Å². The molecule has 2 atom stereocenters. The summed E-state index contributed by atoms with van der Waals surface area (Å²) in [4.78, 5) is 2.26. The van der Waals surface area contributed by atoms with Crippen LogP contribution in [-0.2, 0) is 6.54 Å². The van der Waals surface area contributed by atoms with Crippen molar-refractivity contribution in [2.45, 2.75) is 25.4 Å². The van der Waals surface area contributed by atoms with Crippen LogP contribution in [0.15, 0.2) is 54.6 Å². The van der Waals surface area contributed by atoms with E-state index in [9.17, 15) is 0 Å². The van der Waals surface area contributed by atoms with Gasteiger partial charge < -0.3 is 10.6 Å². The topological polar surface area (TPSA) is 72.9 Å². The molecule has 2 fully saturated rings. The van der Waals surface area contributed by atoms with Crippen LogP contribution in [-0.4, -0.2) is 39.3 Å². The molecule has 2 N–H and O–H groups in total. The van der Waals surface area contributed by atoms with Crippen LogP contribution in [0.4, 0.5) is 5.95 Å². The number of hydrogen-bond donors (Lipinski definition) is 1. The Labute approximate surface area is 159 Å². The molecule has 6 nitrogen and oxygen atoms in total. The second kappa shape index (κ2) is 6.78. The largest absolute Gasteiger partial charge is 0.338 e. The van der Waals surface area contributed by atoms with E-state index in [0.717, 1.165) is 25.0 Å². The quantitative estimate of drug-likeness (QED) is 0.757. The van der Waals surface area contributed by atoms with Crippen molar-refractivity contribution in [1.82, 2.24) is 20.2 Å². The predicted octanol–water partition coefficient (Wildman–Crippen LogP) is 2.56. The molecule has 0 spiro atoms. The SMILES string of the molecule is N[C@H]1CN(c2nnnn2Cc2ccc(-c3ccccc3)cc2)C[C@@H]1C1CC1. The van der Waals surface area contributed by atoms with E-state index in [1.807, 2.05) is 10.7 Å². The minimum Gasteiger partial charge on any atom is -0.338 e. The second-order valence-corrected chi connectivity index (χ2v) is 7.77. The molecule has 6 heteroatoms. The zero-order valence-electron chi connectivity index (χ0n) is 15.3. The van der Waals surface area contributed by atoms with E-state index in [4.69, 9.17) is 5.73 Å². The number of nitrogens with two attached hydrogens (primary N) is 1. The summed E-state index contributed by atoms with van der Waals surface area (Å²) >= 11 is 0. The maximum Gasteiger partial charge on any atom is 0.245 e. The lowest BCUT2D eigenvalue weighted by molar-refractivity contribution is 0.456. The van der Waals surface area contributed by atoms with Gasteiger partial charge in [-0.2, -0.15) is 0 Å². The lowest BCUT2D eigenvalue weighted by Crippen LogP contribution is -2.31. The van der Waals surface area contributed by atoms with Gasteiger partial charge in [0, 0.05) is 19.1 Å². The summed E-state index contributed by atoms with van der Waals surface area (Å²) in [6, 6.07) is 19.3. The summed E-state index contributed by atoms with van der Waals surface area (Å²) in [5, 5.41) is 12.4. The van der Waals surface area contributed by atoms with Crippen LogP contribution in [0, 0.1) is 11.8 Å². The Bertz CT molecular complexity index is 900. The van der Waals surface area contributed by atoms with Crippen molar-refractivity contribution in [3.8, 4) is 11.1 Å². The fraction of sp³-hybridized carbons (Fsp3) is 0.381. The Morgan fingerprint density at radius 3 is 2.41 bits per heavy atom. The zero-order chi connectivity index (χ0) is 18.2. The molecule has 2 aliphatic rings. The normalized spacial score (nSPS) is 22.3. The van der Waals surface area contributed by atoms with Crippen LogP contribution in [0.5, 0.6) is 0 Å². The number of tetrazole rings is 1. The minimum absolute atomic E-state index is 0.229. The van der Waals surface area contributed by atoms with E-state index in [2.05, 4.69) is 69.0 Å². The van der Waals surface area contributed by atoms with Crippen LogP contribution < -0.4 is 10.6 Å². The Hall–Kier alpha value is -2.73. The van der Waals surface area contributed by atoms with E-state index in [1.165, 1.54) is 29.5 Å². The number of anilines is 1. The highest BCUT2D eigenvalue weighted by Crippen LogP contribution is 2.41. The molecule has 5 rings (SSSR count). The lowest BCUT2D eigenvalue weighted by Gasteiger charge is -2.17. The summed E-state index contributed by atoms with van der Waals surface area (Å²) < 4.78 is 1.89. The summed E-state index contributed by atoms with van der Waals surface area (Å²) in [5.74, 6) is 2.22. The molecular weight excluding hydrogens is 336 g/mol. The van der Waals surface area contributed by atoms with Crippen molar-refractivity contribution in [2.24, 2.45) is 17.6 Å². The van der Waals surface area contributed by atoms with Gasteiger partial charge in [0.1, 0.15) is 0 Å². The zero-order valence-corrected chi connectivity index (χ0v) is 15.3. The van der Waals surface area contributed by atoms with Crippen LogP contribution in [0.3, 0.4) is 0 Å². The number of aromatic nitrogens is 4. The smallest absolute Gasteiger partial charge is 0.245 e. The van der Waals surface area contributed by atoms with Crippen molar-refractivity contribution in [1.29, 1.82) is 0 Å². The highest BCUT2D eigenvalue weighted by Gasteiger charge is 2.42. The lowest BCUT2D eigenvalue weighted by atomic mass is 9.99. The maximum absolute atomic E-state index is 6.37. The van der Waals surface area contributed by atoms with Gasteiger partial charge >= 0.3 is 0 Å². The first kappa shape index (κ1) is 16.4. The van der Waals surface area contributed by atoms with Crippen molar-refractivity contribution in [2.75, 3.05) is 18.0 Å². The molecule has 3 aromatic rings. The predicted molar refractivity (Wildman–Crippen MR) is 105 cm³/mol. The van der Waals surface area contributed by atoms with Crippen LogP contribution in [0.25, 0.3) is 11.1 Å². The molecule has 1 aliphatic heterocycles. The molecule has 2 aromatic carbocycles. The molecule has 27 heavy (non-hydrogen) atoms. The highest BCUT2D eigenvalue weighted by atomic mass is 15.6. The Balaban J connectivity index is 1.31. The third-order valence-corrected chi connectivity index (χ3v) is 5.83. The summed E-state index contributed by atoms with van der Waals surface area (Å²) in [7, 11) is 0. The summed E-state index contributed by atoms with van der Waals surface area (Å²) in [6.07, 6.45) is 2.65. The average Bonchev–Trinajstić information content (AvgIpc) is 3.32. The van der Waals surface area contributed by atoms with Crippen molar-refractivity contribution in [3.63, 3.8) is 0 Å². The standard InChI is InChI=1S/C21H24N6/c22-20-14-26(13-19(20)18-10-11-18)21-23-24-25-27(21)12-15-6-8-17(9-7-15)16-4-2-1-3-5-16/h1-9,18-20H,10-14,22H2/t19-,20+/m1/s1. The molecule has 0 radical (unpaired) electrons. The first-order valence-corrected chi connectivity index (χ1v) is 9.69. The van der Waals surface area contributed by atoms with Gasteiger partial charge in [-0.15, -0.1) is 0 Å². The molecule has 2 heterocycles. The van der Waals surface area contributed by atoms with Gasteiger partial charge in [-0.3, -0.25) is 0 Å².